The van der Waals surface area contributed by atoms with E-state index in [4.69, 9.17) is 0 Å². The molecule has 3 heteroatoms. The smallest absolute Gasteiger partial charge is 0.187 e. The van der Waals surface area contributed by atoms with Crippen molar-refractivity contribution in [2.24, 2.45) is 11.8 Å². The van der Waals surface area contributed by atoms with Crippen molar-refractivity contribution < 1.29 is 9.18 Å². The van der Waals surface area contributed by atoms with Crippen molar-refractivity contribution in [3.63, 3.8) is 0 Å². The summed E-state index contributed by atoms with van der Waals surface area (Å²) in [5.41, 5.74) is 0.0158. The van der Waals surface area contributed by atoms with Gasteiger partial charge in [-0.3, -0.25) is 9.78 Å². The molecule has 1 aliphatic carbocycles. The molecule has 0 aromatic carbocycles. The molecule has 1 saturated carbocycles. The zero-order chi connectivity index (χ0) is 11.5. The number of carbonyl (C=O) groups is 1. The van der Waals surface area contributed by atoms with Gasteiger partial charge in [0, 0.05) is 12.1 Å². The number of nitrogens with zero attached hydrogens (tertiary/aromatic N) is 1. The Labute approximate surface area is 94.9 Å². The summed E-state index contributed by atoms with van der Waals surface area (Å²) in [7, 11) is 0. The van der Waals surface area contributed by atoms with E-state index in [-0.39, 0.29) is 17.4 Å². The minimum absolute atomic E-state index is 0.0158. The Morgan fingerprint density at radius 3 is 2.69 bits per heavy atom. The summed E-state index contributed by atoms with van der Waals surface area (Å²) in [6, 6.07) is 2.81. The molecular formula is C13H16FNO. The van der Waals surface area contributed by atoms with Crippen molar-refractivity contribution in [2.45, 2.75) is 32.6 Å². The summed E-state index contributed by atoms with van der Waals surface area (Å²) in [5, 5.41) is 0. The lowest BCUT2D eigenvalue weighted by Gasteiger charge is -2.24. The van der Waals surface area contributed by atoms with Crippen LogP contribution < -0.4 is 0 Å². The van der Waals surface area contributed by atoms with Crippen LogP contribution in [0.3, 0.4) is 0 Å². The second-order valence-corrected chi connectivity index (χ2v) is 4.65. The van der Waals surface area contributed by atoms with Gasteiger partial charge in [-0.15, -0.1) is 0 Å². The van der Waals surface area contributed by atoms with Crippen molar-refractivity contribution >= 4 is 5.78 Å². The fourth-order valence-electron chi connectivity index (χ4n) is 2.28. The van der Waals surface area contributed by atoms with Crippen LogP contribution >= 0.6 is 0 Å². The fourth-order valence-corrected chi connectivity index (χ4v) is 2.28. The summed E-state index contributed by atoms with van der Waals surface area (Å²) in [6.07, 6.45) is 5.34. The molecule has 1 aromatic rings. The molecule has 0 aliphatic heterocycles. The molecular weight excluding hydrogens is 205 g/mol. The summed E-state index contributed by atoms with van der Waals surface area (Å²) in [5.74, 6) is 0.0503. The highest BCUT2D eigenvalue weighted by Crippen LogP contribution is 2.30. The van der Waals surface area contributed by atoms with Gasteiger partial charge in [-0.1, -0.05) is 19.8 Å². The van der Waals surface area contributed by atoms with Crippen molar-refractivity contribution in [1.82, 2.24) is 4.98 Å². The number of aromatic nitrogens is 1. The first-order valence-electron chi connectivity index (χ1n) is 5.83. The zero-order valence-corrected chi connectivity index (χ0v) is 9.45. The molecule has 0 unspecified atom stereocenters. The highest BCUT2D eigenvalue weighted by Gasteiger charge is 2.27. The van der Waals surface area contributed by atoms with Crippen LogP contribution in [0.25, 0.3) is 0 Å². The Balaban J connectivity index is 2.11. The zero-order valence-electron chi connectivity index (χ0n) is 9.45. The SMILES string of the molecule is CC1CCC(C(=O)c2ncccc2F)CC1. The average Bonchev–Trinajstić information content (AvgIpc) is 2.30. The quantitative estimate of drug-likeness (QED) is 0.718. The van der Waals surface area contributed by atoms with E-state index in [1.165, 1.54) is 18.3 Å². The van der Waals surface area contributed by atoms with Gasteiger partial charge in [0.1, 0.15) is 5.69 Å². The van der Waals surface area contributed by atoms with Crippen LogP contribution in [0.4, 0.5) is 4.39 Å². The lowest BCUT2D eigenvalue weighted by atomic mass is 9.80. The maximum atomic E-state index is 13.4. The number of hydrogen-bond acceptors (Lipinski definition) is 2. The number of carbonyl (C=O) groups excluding carboxylic acids is 1. The van der Waals surface area contributed by atoms with Gasteiger partial charge in [-0.05, 0) is 30.9 Å². The number of halogens is 1. The first-order valence-corrected chi connectivity index (χ1v) is 5.83. The number of ketones is 1. The predicted octanol–water partition coefficient (Wildman–Crippen LogP) is 3.23. The van der Waals surface area contributed by atoms with Gasteiger partial charge in [0.05, 0.1) is 0 Å². The van der Waals surface area contributed by atoms with Gasteiger partial charge < -0.3 is 0 Å². The van der Waals surface area contributed by atoms with E-state index in [0.29, 0.717) is 5.92 Å². The molecule has 1 aromatic heterocycles. The Kier molecular flexibility index (Phi) is 3.32. The van der Waals surface area contributed by atoms with Crippen molar-refractivity contribution in [2.75, 3.05) is 0 Å². The van der Waals surface area contributed by atoms with E-state index in [1.54, 1.807) is 0 Å². The van der Waals surface area contributed by atoms with Gasteiger partial charge >= 0.3 is 0 Å². The second-order valence-electron chi connectivity index (χ2n) is 4.65. The Morgan fingerprint density at radius 2 is 2.06 bits per heavy atom. The molecule has 16 heavy (non-hydrogen) atoms. The maximum absolute atomic E-state index is 13.4. The van der Waals surface area contributed by atoms with Crippen LogP contribution in [0, 0.1) is 17.7 Å². The van der Waals surface area contributed by atoms with Crippen LogP contribution in [0.1, 0.15) is 43.1 Å². The van der Waals surface area contributed by atoms with E-state index in [0.717, 1.165) is 25.7 Å². The van der Waals surface area contributed by atoms with E-state index in [2.05, 4.69) is 11.9 Å². The molecule has 0 saturated heterocycles. The molecule has 86 valence electrons. The molecule has 2 rings (SSSR count). The number of rotatable bonds is 2. The van der Waals surface area contributed by atoms with E-state index >= 15 is 0 Å². The molecule has 1 fully saturated rings. The molecule has 0 atom stereocenters. The van der Waals surface area contributed by atoms with Gasteiger partial charge in [-0.2, -0.15) is 0 Å². The molecule has 1 aliphatic rings. The second kappa shape index (κ2) is 4.73. The van der Waals surface area contributed by atoms with Gasteiger partial charge in [0.25, 0.3) is 0 Å². The van der Waals surface area contributed by atoms with Crippen molar-refractivity contribution in [1.29, 1.82) is 0 Å². The topological polar surface area (TPSA) is 30.0 Å². The van der Waals surface area contributed by atoms with Gasteiger partial charge in [0.2, 0.25) is 0 Å². The predicted molar refractivity (Wildman–Crippen MR) is 59.6 cm³/mol. The molecule has 1 heterocycles. The normalized spacial score (nSPS) is 25.4. The fraction of sp³-hybridized carbons (Fsp3) is 0.538. The average molecular weight is 221 g/mol. The number of pyridine rings is 1. The summed E-state index contributed by atoms with van der Waals surface area (Å²) < 4.78 is 13.4. The van der Waals surface area contributed by atoms with Gasteiger partial charge in [0.15, 0.2) is 11.6 Å². The third kappa shape index (κ3) is 2.29. The van der Waals surface area contributed by atoms with Crippen molar-refractivity contribution in [3.8, 4) is 0 Å². The van der Waals surface area contributed by atoms with Crippen LogP contribution in [-0.2, 0) is 0 Å². The largest absolute Gasteiger partial charge is 0.292 e. The van der Waals surface area contributed by atoms with E-state index in [1.807, 2.05) is 0 Å². The third-order valence-electron chi connectivity index (χ3n) is 3.38. The van der Waals surface area contributed by atoms with Gasteiger partial charge in [-0.25, -0.2) is 4.39 Å². The highest BCUT2D eigenvalue weighted by atomic mass is 19.1. The van der Waals surface area contributed by atoms with E-state index in [9.17, 15) is 9.18 Å². The molecule has 0 N–H and O–H groups in total. The molecule has 2 nitrogen and oxygen atoms in total. The molecule has 0 bridgehead atoms. The Hall–Kier alpha value is -1.25. The van der Waals surface area contributed by atoms with Crippen LogP contribution in [0.15, 0.2) is 18.3 Å². The molecule has 0 amide bonds. The lowest BCUT2D eigenvalue weighted by molar-refractivity contribution is 0.0865. The third-order valence-corrected chi connectivity index (χ3v) is 3.38. The van der Waals surface area contributed by atoms with Crippen molar-refractivity contribution in [3.05, 3.63) is 29.8 Å². The lowest BCUT2D eigenvalue weighted by Crippen LogP contribution is -2.22. The first kappa shape index (κ1) is 11.2. The first-order chi connectivity index (χ1) is 7.68. The van der Waals surface area contributed by atoms with Crippen LogP contribution in [0.5, 0.6) is 0 Å². The molecule has 0 spiro atoms. The molecule has 0 radical (unpaired) electrons. The Morgan fingerprint density at radius 1 is 1.38 bits per heavy atom. The van der Waals surface area contributed by atoms with E-state index < -0.39 is 5.82 Å². The summed E-state index contributed by atoms with van der Waals surface area (Å²) >= 11 is 0. The summed E-state index contributed by atoms with van der Waals surface area (Å²) in [6.45, 7) is 2.20. The summed E-state index contributed by atoms with van der Waals surface area (Å²) in [4.78, 5) is 15.9. The van der Waals surface area contributed by atoms with Crippen LogP contribution in [0.2, 0.25) is 0 Å². The maximum Gasteiger partial charge on any atom is 0.187 e. The minimum atomic E-state index is -0.494. The number of Topliss-reactive ketones (excluding diaryl/α,β-unsaturated/α-hetero) is 1. The monoisotopic (exact) mass is 221 g/mol. The highest BCUT2D eigenvalue weighted by molar-refractivity contribution is 5.96. The standard InChI is InChI=1S/C13H16FNO/c1-9-4-6-10(7-5-9)13(16)12-11(14)3-2-8-15-12/h2-3,8-10H,4-7H2,1H3. The number of hydrogen-bond donors (Lipinski definition) is 0. The Bertz CT molecular complexity index is 383. The van der Waals surface area contributed by atoms with Crippen LogP contribution in [-0.4, -0.2) is 10.8 Å². The minimum Gasteiger partial charge on any atom is -0.292 e.